The Labute approximate surface area is 89.9 Å². The fourth-order valence-corrected chi connectivity index (χ4v) is 1.93. The minimum Gasteiger partial charge on any atom is -0.330 e. The van der Waals surface area contributed by atoms with Crippen LogP contribution in [0, 0.1) is 0 Å². The summed E-state index contributed by atoms with van der Waals surface area (Å²) < 4.78 is 2.27. The molecule has 0 atom stereocenters. The van der Waals surface area contributed by atoms with Gasteiger partial charge >= 0.3 is 0 Å². The number of para-hydroxylation sites is 2. The average molecular weight is 203 g/mol. The Hall–Kier alpha value is -1.35. The Kier molecular flexibility index (Phi) is 3.02. The number of fused-ring (bicyclic) bond motifs is 1. The van der Waals surface area contributed by atoms with Crippen LogP contribution in [0.25, 0.3) is 11.0 Å². The number of benzene rings is 1. The van der Waals surface area contributed by atoms with Gasteiger partial charge in [0.05, 0.1) is 11.0 Å². The first kappa shape index (κ1) is 10.2. The fourth-order valence-electron chi connectivity index (χ4n) is 1.93. The van der Waals surface area contributed by atoms with Crippen LogP contribution in [0.2, 0.25) is 0 Å². The third kappa shape index (κ3) is 1.88. The highest BCUT2D eigenvalue weighted by molar-refractivity contribution is 5.75. The molecular formula is C12H17N3. The average Bonchev–Trinajstić information content (AvgIpc) is 2.63. The van der Waals surface area contributed by atoms with Gasteiger partial charge in [0, 0.05) is 13.0 Å². The maximum absolute atomic E-state index is 5.53. The van der Waals surface area contributed by atoms with Gasteiger partial charge < -0.3 is 10.3 Å². The Balaban J connectivity index is 2.44. The summed E-state index contributed by atoms with van der Waals surface area (Å²) in [6.45, 7) is 3.85. The van der Waals surface area contributed by atoms with Crippen LogP contribution in [0.5, 0.6) is 0 Å². The van der Waals surface area contributed by atoms with Gasteiger partial charge in [-0.1, -0.05) is 12.1 Å². The third-order valence-electron chi connectivity index (χ3n) is 2.65. The van der Waals surface area contributed by atoms with Gasteiger partial charge in [0.1, 0.15) is 5.82 Å². The molecular weight excluding hydrogens is 186 g/mol. The lowest BCUT2D eigenvalue weighted by molar-refractivity contribution is 0.686. The number of nitrogens with two attached hydrogens (primary N) is 1. The van der Waals surface area contributed by atoms with Crippen molar-refractivity contribution in [3.63, 3.8) is 0 Å². The van der Waals surface area contributed by atoms with Gasteiger partial charge in [-0.2, -0.15) is 0 Å². The van der Waals surface area contributed by atoms with Gasteiger partial charge in [-0.25, -0.2) is 4.98 Å². The number of rotatable bonds is 4. The van der Waals surface area contributed by atoms with Crippen LogP contribution in [-0.2, 0) is 13.0 Å². The lowest BCUT2D eigenvalue weighted by Gasteiger charge is -2.04. The van der Waals surface area contributed by atoms with Gasteiger partial charge in [-0.05, 0) is 32.0 Å². The van der Waals surface area contributed by atoms with Crippen molar-refractivity contribution >= 4 is 11.0 Å². The SMILES string of the molecule is CCn1c(CCCN)nc2ccccc21. The molecule has 2 aromatic rings. The number of aromatic nitrogens is 2. The van der Waals surface area contributed by atoms with Crippen molar-refractivity contribution in [3.8, 4) is 0 Å². The number of nitrogens with zero attached hydrogens (tertiary/aromatic N) is 2. The van der Waals surface area contributed by atoms with Gasteiger partial charge in [0.15, 0.2) is 0 Å². The predicted molar refractivity (Wildman–Crippen MR) is 62.8 cm³/mol. The molecule has 0 radical (unpaired) electrons. The Bertz CT molecular complexity index is 445. The molecule has 0 unspecified atom stereocenters. The van der Waals surface area contributed by atoms with Gasteiger partial charge in [-0.15, -0.1) is 0 Å². The summed E-state index contributed by atoms with van der Waals surface area (Å²) in [5, 5.41) is 0. The van der Waals surface area contributed by atoms with Crippen molar-refractivity contribution in [2.24, 2.45) is 5.73 Å². The number of hydrogen-bond donors (Lipinski definition) is 1. The van der Waals surface area contributed by atoms with E-state index in [1.165, 1.54) is 5.52 Å². The summed E-state index contributed by atoms with van der Waals surface area (Å²) in [5.41, 5.74) is 7.84. The highest BCUT2D eigenvalue weighted by Crippen LogP contribution is 2.16. The molecule has 0 amide bonds. The van der Waals surface area contributed by atoms with Crippen LogP contribution in [0.4, 0.5) is 0 Å². The summed E-state index contributed by atoms with van der Waals surface area (Å²) in [6.07, 6.45) is 1.97. The molecule has 80 valence electrons. The lowest BCUT2D eigenvalue weighted by Crippen LogP contribution is -2.06. The number of imidazole rings is 1. The quantitative estimate of drug-likeness (QED) is 0.825. The van der Waals surface area contributed by atoms with E-state index in [9.17, 15) is 0 Å². The largest absolute Gasteiger partial charge is 0.330 e. The maximum Gasteiger partial charge on any atom is 0.109 e. The summed E-state index contributed by atoms with van der Waals surface area (Å²) in [6, 6.07) is 8.27. The molecule has 1 aromatic heterocycles. The minimum absolute atomic E-state index is 0.729. The van der Waals surface area contributed by atoms with Crippen LogP contribution in [0.3, 0.4) is 0 Å². The van der Waals surface area contributed by atoms with Crippen molar-refractivity contribution in [3.05, 3.63) is 30.1 Å². The van der Waals surface area contributed by atoms with E-state index in [1.54, 1.807) is 0 Å². The van der Waals surface area contributed by atoms with Crippen molar-refractivity contribution < 1.29 is 0 Å². The molecule has 0 saturated heterocycles. The van der Waals surface area contributed by atoms with Crippen LogP contribution in [0.15, 0.2) is 24.3 Å². The predicted octanol–water partition coefficient (Wildman–Crippen LogP) is 1.95. The molecule has 3 nitrogen and oxygen atoms in total. The summed E-state index contributed by atoms with van der Waals surface area (Å²) >= 11 is 0. The van der Waals surface area contributed by atoms with Gasteiger partial charge in [0.2, 0.25) is 0 Å². The van der Waals surface area contributed by atoms with Crippen LogP contribution in [0.1, 0.15) is 19.2 Å². The van der Waals surface area contributed by atoms with Gasteiger partial charge in [0.25, 0.3) is 0 Å². The Morgan fingerprint density at radius 1 is 1.33 bits per heavy atom. The van der Waals surface area contributed by atoms with E-state index in [-0.39, 0.29) is 0 Å². The second-order valence-electron chi connectivity index (χ2n) is 3.65. The molecule has 1 aromatic carbocycles. The highest BCUT2D eigenvalue weighted by atomic mass is 15.1. The number of aryl methyl sites for hydroxylation is 2. The van der Waals surface area contributed by atoms with E-state index in [0.29, 0.717) is 0 Å². The standard InChI is InChI=1S/C12H17N3/c1-2-15-11-7-4-3-6-10(11)14-12(15)8-5-9-13/h3-4,6-7H,2,5,8-9,13H2,1H3. The molecule has 0 aliphatic rings. The zero-order chi connectivity index (χ0) is 10.7. The fraction of sp³-hybridized carbons (Fsp3) is 0.417. The first-order valence-corrected chi connectivity index (χ1v) is 5.51. The smallest absolute Gasteiger partial charge is 0.109 e. The van der Waals surface area contributed by atoms with Crippen molar-refractivity contribution in [2.45, 2.75) is 26.3 Å². The monoisotopic (exact) mass is 203 g/mol. The first-order valence-electron chi connectivity index (χ1n) is 5.51. The third-order valence-corrected chi connectivity index (χ3v) is 2.65. The molecule has 15 heavy (non-hydrogen) atoms. The van der Waals surface area contributed by atoms with Crippen molar-refractivity contribution in [1.82, 2.24) is 9.55 Å². The van der Waals surface area contributed by atoms with Crippen molar-refractivity contribution in [1.29, 1.82) is 0 Å². The topological polar surface area (TPSA) is 43.8 Å². The van der Waals surface area contributed by atoms with E-state index in [4.69, 9.17) is 5.73 Å². The van der Waals surface area contributed by atoms with E-state index in [1.807, 2.05) is 6.07 Å². The minimum atomic E-state index is 0.729. The molecule has 2 rings (SSSR count). The normalized spacial score (nSPS) is 11.1. The Morgan fingerprint density at radius 2 is 2.13 bits per heavy atom. The van der Waals surface area contributed by atoms with Crippen molar-refractivity contribution in [2.75, 3.05) is 6.54 Å². The second-order valence-corrected chi connectivity index (χ2v) is 3.65. The van der Waals surface area contributed by atoms with Crippen LogP contribution < -0.4 is 5.73 Å². The summed E-state index contributed by atoms with van der Waals surface area (Å²) in [4.78, 5) is 4.63. The first-order chi connectivity index (χ1) is 7.36. The van der Waals surface area contributed by atoms with E-state index in [2.05, 4.69) is 34.7 Å². The molecule has 3 heteroatoms. The number of hydrogen-bond acceptors (Lipinski definition) is 2. The molecule has 1 heterocycles. The molecule has 0 aliphatic heterocycles. The molecule has 0 saturated carbocycles. The Morgan fingerprint density at radius 3 is 2.87 bits per heavy atom. The van der Waals surface area contributed by atoms with Crippen LogP contribution in [-0.4, -0.2) is 16.1 Å². The molecule has 0 aliphatic carbocycles. The van der Waals surface area contributed by atoms with E-state index >= 15 is 0 Å². The van der Waals surface area contributed by atoms with Crippen LogP contribution >= 0.6 is 0 Å². The second kappa shape index (κ2) is 4.45. The molecule has 0 spiro atoms. The highest BCUT2D eigenvalue weighted by Gasteiger charge is 2.07. The van der Waals surface area contributed by atoms with E-state index < -0.39 is 0 Å². The summed E-state index contributed by atoms with van der Waals surface area (Å²) in [5.74, 6) is 1.16. The summed E-state index contributed by atoms with van der Waals surface area (Å²) in [7, 11) is 0. The van der Waals surface area contributed by atoms with E-state index in [0.717, 1.165) is 37.3 Å². The zero-order valence-electron chi connectivity index (χ0n) is 9.11. The molecule has 2 N–H and O–H groups in total. The van der Waals surface area contributed by atoms with Gasteiger partial charge in [-0.3, -0.25) is 0 Å². The lowest BCUT2D eigenvalue weighted by atomic mass is 10.3. The zero-order valence-corrected chi connectivity index (χ0v) is 9.11. The molecule has 0 fully saturated rings. The molecule has 0 bridgehead atoms. The maximum atomic E-state index is 5.53.